The largest absolute Gasteiger partial charge is 0.416 e. The van der Waals surface area contributed by atoms with Crippen LogP contribution in [0.5, 0.6) is 0 Å². The zero-order valence-electron chi connectivity index (χ0n) is 23.9. The molecule has 2 aromatic carbocycles. The monoisotopic (exact) mass is 595 g/mol. The van der Waals surface area contributed by atoms with Crippen molar-refractivity contribution in [2.45, 2.75) is 56.5 Å². The molecule has 3 heterocycles. The Morgan fingerprint density at radius 2 is 1.74 bits per heavy atom. The number of aromatic nitrogens is 2. The normalized spacial score (nSPS) is 24.0. The number of nitrogens with zero attached hydrogens (tertiary/aromatic N) is 4. The molecule has 1 aliphatic carbocycles. The van der Waals surface area contributed by atoms with Crippen LogP contribution in [0.15, 0.2) is 71.8 Å². The van der Waals surface area contributed by atoms with Crippen molar-refractivity contribution in [1.29, 1.82) is 0 Å². The Morgan fingerprint density at radius 3 is 2.42 bits per heavy atom. The highest BCUT2D eigenvalue weighted by molar-refractivity contribution is 5.75. The molecule has 1 saturated carbocycles. The fourth-order valence-electron chi connectivity index (χ4n) is 7.16. The maximum absolute atomic E-state index is 14.0. The summed E-state index contributed by atoms with van der Waals surface area (Å²) in [4.78, 5) is 35.2. The van der Waals surface area contributed by atoms with Gasteiger partial charge in [0.1, 0.15) is 0 Å². The molecule has 2 amide bonds. The number of benzene rings is 2. The number of carbonyl (C=O) groups excluding carboxylic acids is 1. The molecule has 2 aliphatic heterocycles. The van der Waals surface area contributed by atoms with E-state index in [9.17, 15) is 27.9 Å². The van der Waals surface area contributed by atoms with Crippen LogP contribution < -0.4 is 10.9 Å². The number of likely N-dealkylation sites (tertiary alicyclic amines) is 1. The second kappa shape index (κ2) is 11.4. The summed E-state index contributed by atoms with van der Waals surface area (Å²) in [5.74, 6) is 0. The number of halogens is 3. The smallest absolute Gasteiger partial charge is 0.387 e. The van der Waals surface area contributed by atoms with Gasteiger partial charge in [-0.1, -0.05) is 55.3 Å². The molecule has 6 rings (SSSR count). The van der Waals surface area contributed by atoms with Crippen LogP contribution in [0.1, 0.15) is 49.3 Å². The second-order valence-electron chi connectivity index (χ2n) is 12.1. The molecule has 228 valence electrons. The number of hydrogen-bond donors (Lipinski definition) is 2. The average molecular weight is 596 g/mol. The van der Waals surface area contributed by atoms with Crippen LogP contribution >= 0.6 is 0 Å². The molecule has 0 bridgehead atoms. The number of alkyl halides is 3. The van der Waals surface area contributed by atoms with Crippen LogP contribution in [0.25, 0.3) is 11.3 Å². The Hall–Kier alpha value is -3.70. The molecule has 1 spiro atoms. The van der Waals surface area contributed by atoms with E-state index in [1.54, 1.807) is 9.80 Å². The summed E-state index contributed by atoms with van der Waals surface area (Å²) in [6.07, 6.45) is 0.701. The maximum atomic E-state index is 14.0. The maximum Gasteiger partial charge on any atom is 0.416 e. The van der Waals surface area contributed by atoms with Crippen molar-refractivity contribution in [3.05, 3.63) is 88.5 Å². The van der Waals surface area contributed by atoms with Gasteiger partial charge in [-0.15, -0.1) is 0 Å². The summed E-state index contributed by atoms with van der Waals surface area (Å²) in [5.41, 5.74) is -0.680. The number of piperazine rings is 1. The van der Waals surface area contributed by atoms with Gasteiger partial charge in [0, 0.05) is 49.8 Å². The zero-order valence-corrected chi connectivity index (χ0v) is 23.9. The number of amides is 2. The van der Waals surface area contributed by atoms with E-state index < -0.39 is 28.8 Å². The third-order valence-electron chi connectivity index (χ3n) is 9.60. The molecular weight excluding hydrogens is 559 g/mol. The standard InChI is InChI=1S/C32H36F3N5O3/c33-32(34,35)25-10-8-24(9-11-25)27-19-36-15-17-40(27)29(42)38-16-14-31(43,30(20-38)12-4-5-13-30)21-39-22-37-26(18-28(39)41)23-6-2-1-3-7-23/h1-3,6-11,18,22,27,36,43H,4-5,12-17,19-21H2/t27?,31-/m1/s1. The van der Waals surface area contributed by atoms with Crippen molar-refractivity contribution in [3.63, 3.8) is 0 Å². The van der Waals surface area contributed by atoms with Crippen molar-refractivity contribution < 1.29 is 23.1 Å². The predicted octanol–water partition coefficient (Wildman–Crippen LogP) is 4.69. The molecule has 2 saturated heterocycles. The van der Waals surface area contributed by atoms with Crippen LogP contribution in [-0.4, -0.2) is 68.8 Å². The Kier molecular flexibility index (Phi) is 7.80. The molecule has 1 aromatic heterocycles. The number of nitrogens with one attached hydrogen (secondary N) is 1. The molecule has 3 fully saturated rings. The highest BCUT2D eigenvalue weighted by Gasteiger charge is 2.56. The first-order valence-electron chi connectivity index (χ1n) is 14.9. The summed E-state index contributed by atoms with van der Waals surface area (Å²) in [6.45, 7) is 2.21. The molecular formula is C32H36F3N5O3. The van der Waals surface area contributed by atoms with Crippen molar-refractivity contribution in [3.8, 4) is 11.3 Å². The predicted molar refractivity (Wildman–Crippen MR) is 155 cm³/mol. The molecule has 8 nitrogen and oxygen atoms in total. The molecule has 43 heavy (non-hydrogen) atoms. The lowest BCUT2D eigenvalue weighted by Gasteiger charge is -2.53. The molecule has 2 N–H and O–H groups in total. The van der Waals surface area contributed by atoms with Gasteiger partial charge in [-0.25, -0.2) is 9.78 Å². The zero-order chi connectivity index (χ0) is 30.2. The van der Waals surface area contributed by atoms with Crippen LogP contribution in [0, 0.1) is 5.41 Å². The van der Waals surface area contributed by atoms with Gasteiger partial charge in [-0.2, -0.15) is 13.2 Å². The number of urea groups is 1. The molecule has 1 unspecified atom stereocenters. The van der Waals surface area contributed by atoms with Gasteiger partial charge in [0.05, 0.1) is 35.8 Å². The molecule has 2 atom stereocenters. The summed E-state index contributed by atoms with van der Waals surface area (Å²) >= 11 is 0. The van der Waals surface area contributed by atoms with Gasteiger partial charge in [0.15, 0.2) is 0 Å². The van der Waals surface area contributed by atoms with E-state index >= 15 is 0 Å². The first kappa shape index (κ1) is 29.4. The molecule has 0 radical (unpaired) electrons. The lowest BCUT2D eigenvalue weighted by Crippen LogP contribution is -2.64. The fraction of sp³-hybridized carbons (Fsp3) is 0.469. The first-order chi connectivity index (χ1) is 20.6. The third kappa shape index (κ3) is 5.68. The second-order valence-corrected chi connectivity index (χ2v) is 12.1. The quantitative estimate of drug-likeness (QED) is 0.457. The number of rotatable bonds is 4. The lowest BCUT2D eigenvalue weighted by atomic mass is 9.66. The summed E-state index contributed by atoms with van der Waals surface area (Å²) in [5, 5.41) is 15.4. The van der Waals surface area contributed by atoms with Crippen molar-refractivity contribution in [2.24, 2.45) is 5.41 Å². The fourth-order valence-corrected chi connectivity index (χ4v) is 7.16. The van der Waals surface area contributed by atoms with Crippen molar-refractivity contribution in [1.82, 2.24) is 24.7 Å². The van der Waals surface area contributed by atoms with Gasteiger partial charge < -0.3 is 20.2 Å². The minimum atomic E-state index is -4.43. The highest BCUT2D eigenvalue weighted by atomic mass is 19.4. The number of carbonyl (C=O) groups is 1. The Labute approximate surface area is 248 Å². The van der Waals surface area contributed by atoms with Crippen LogP contribution in [0.2, 0.25) is 0 Å². The molecule has 3 aliphatic rings. The topological polar surface area (TPSA) is 90.7 Å². The van der Waals surface area contributed by atoms with E-state index in [0.29, 0.717) is 50.4 Å². The lowest BCUT2D eigenvalue weighted by molar-refractivity contribution is -0.138. The number of piperidine rings is 1. The Balaban J connectivity index is 1.21. The summed E-state index contributed by atoms with van der Waals surface area (Å²) in [6, 6.07) is 15.4. The van der Waals surface area contributed by atoms with Gasteiger partial charge in [-0.05, 0) is 37.0 Å². The van der Waals surface area contributed by atoms with E-state index in [4.69, 9.17) is 0 Å². The van der Waals surface area contributed by atoms with Crippen LogP contribution in [0.3, 0.4) is 0 Å². The molecule has 3 aromatic rings. The number of aliphatic hydroxyl groups is 1. The first-order valence-corrected chi connectivity index (χ1v) is 14.9. The van der Waals surface area contributed by atoms with E-state index in [-0.39, 0.29) is 18.1 Å². The van der Waals surface area contributed by atoms with E-state index in [2.05, 4.69) is 10.3 Å². The number of hydrogen-bond acceptors (Lipinski definition) is 5. The van der Waals surface area contributed by atoms with E-state index in [1.807, 2.05) is 30.3 Å². The van der Waals surface area contributed by atoms with Gasteiger partial charge >= 0.3 is 12.2 Å². The van der Waals surface area contributed by atoms with E-state index in [1.165, 1.54) is 29.1 Å². The molecule has 11 heteroatoms. The minimum absolute atomic E-state index is 0.0950. The van der Waals surface area contributed by atoms with Crippen LogP contribution in [0.4, 0.5) is 18.0 Å². The Bertz CT molecular complexity index is 1510. The van der Waals surface area contributed by atoms with Crippen molar-refractivity contribution >= 4 is 6.03 Å². The van der Waals surface area contributed by atoms with Crippen molar-refractivity contribution in [2.75, 3.05) is 32.7 Å². The summed E-state index contributed by atoms with van der Waals surface area (Å²) in [7, 11) is 0. The minimum Gasteiger partial charge on any atom is -0.387 e. The average Bonchev–Trinajstić information content (AvgIpc) is 3.49. The van der Waals surface area contributed by atoms with Gasteiger partial charge in [0.25, 0.3) is 5.56 Å². The van der Waals surface area contributed by atoms with Gasteiger partial charge in [-0.3, -0.25) is 9.36 Å². The Morgan fingerprint density at radius 1 is 1.02 bits per heavy atom. The van der Waals surface area contributed by atoms with Crippen LogP contribution in [-0.2, 0) is 12.7 Å². The van der Waals surface area contributed by atoms with Gasteiger partial charge in [0.2, 0.25) is 0 Å². The highest BCUT2D eigenvalue weighted by Crippen LogP contribution is 2.52. The van der Waals surface area contributed by atoms with E-state index in [0.717, 1.165) is 43.4 Å². The SMILES string of the molecule is O=C(N1CC[C@@](O)(Cn2cnc(-c3ccccc3)cc2=O)C2(CCCC2)C1)N1CCNCC1c1ccc(C(F)(F)F)cc1. The third-order valence-corrected chi connectivity index (χ3v) is 9.60. The summed E-state index contributed by atoms with van der Waals surface area (Å²) < 4.78 is 40.9.